The summed E-state index contributed by atoms with van der Waals surface area (Å²) < 4.78 is 0. The van der Waals surface area contributed by atoms with Crippen molar-refractivity contribution in [2.24, 2.45) is 0 Å². The Labute approximate surface area is 94.6 Å². The average Bonchev–Trinajstić information content (AvgIpc) is 2.47. The fraction of sp³-hybridized carbons (Fsp3) is 1.00. The molecule has 2 heteroatoms. The van der Waals surface area contributed by atoms with Crippen molar-refractivity contribution in [1.82, 2.24) is 9.80 Å². The first-order valence-electron chi connectivity index (χ1n) is 6.86. The summed E-state index contributed by atoms with van der Waals surface area (Å²) in [5.41, 5.74) is 0. The summed E-state index contributed by atoms with van der Waals surface area (Å²) >= 11 is 0. The summed E-state index contributed by atoms with van der Waals surface area (Å²) in [6, 6.07) is 0.887. The Morgan fingerprint density at radius 3 is 2.80 bits per heavy atom. The topological polar surface area (TPSA) is 6.48 Å². The molecule has 2 rings (SSSR count). The molecule has 0 amide bonds. The van der Waals surface area contributed by atoms with Gasteiger partial charge in [-0.05, 0) is 51.9 Å². The highest BCUT2D eigenvalue weighted by molar-refractivity contribution is 4.82. The maximum Gasteiger partial charge on any atom is 0.0223 e. The molecule has 2 fully saturated rings. The van der Waals surface area contributed by atoms with E-state index in [1.165, 1.54) is 71.2 Å². The zero-order valence-electron chi connectivity index (χ0n) is 10.2. The molecule has 2 aliphatic heterocycles. The second-order valence-corrected chi connectivity index (χ2v) is 5.19. The number of rotatable bonds is 3. The van der Waals surface area contributed by atoms with Crippen LogP contribution >= 0.6 is 0 Å². The number of piperidine rings is 1. The highest BCUT2D eigenvalue weighted by Crippen LogP contribution is 2.20. The number of hydrogen-bond donors (Lipinski definition) is 0. The lowest BCUT2D eigenvalue weighted by Crippen LogP contribution is -2.44. The molecule has 1 unspecified atom stereocenters. The summed E-state index contributed by atoms with van der Waals surface area (Å²) in [6.07, 6.45) is 8.45. The van der Waals surface area contributed by atoms with Gasteiger partial charge in [-0.3, -0.25) is 4.90 Å². The molecule has 0 aromatic heterocycles. The second-order valence-electron chi connectivity index (χ2n) is 5.19. The highest BCUT2D eigenvalue weighted by atomic mass is 15.2. The third-order valence-corrected chi connectivity index (χ3v) is 3.97. The summed E-state index contributed by atoms with van der Waals surface area (Å²) in [5, 5.41) is 0. The van der Waals surface area contributed by atoms with E-state index in [0.29, 0.717) is 0 Å². The van der Waals surface area contributed by atoms with Crippen LogP contribution in [0.1, 0.15) is 45.4 Å². The van der Waals surface area contributed by atoms with Crippen LogP contribution in [-0.2, 0) is 0 Å². The summed E-state index contributed by atoms with van der Waals surface area (Å²) in [7, 11) is 0. The minimum atomic E-state index is 0.887. The predicted molar refractivity (Wildman–Crippen MR) is 65.2 cm³/mol. The minimum absolute atomic E-state index is 0.887. The first kappa shape index (κ1) is 11.4. The van der Waals surface area contributed by atoms with Gasteiger partial charge in [0.2, 0.25) is 0 Å². The van der Waals surface area contributed by atoms with Crippen molar-refractivity contribution in [3.8, 4) is 0 Å². The van der Waals surface area contributed by atoms with Gasteiger partial charge in [-0.2, -0.15) is 0 Å². The molecule has 2 saturated heterocycles. The average molecular weight is 210 g/mol. The van der Waals surface area contributed by atoms with Crippen molar-refractivity contribution in [3.63, 3.8) is 0 Å². The van der Waals surface area contributed by atoms with Crippen LogP contribution in [-0.4, -0.2) is 48.6 Å². The van der Waals surface area contributed by atoms with E-state index in [1.54, 1.807) is 0 Å². The molecule has 0 aliphatic carbocycles. The van der Waals surface area contributed by atoms with E-state index in [9.17, 15) is 0 Å². The maximum absolute atomic E-state index is 2.75. The van der Waals surface area contributed by atoms with Gasteiger partial charge in [-0.25, -0.2) is 0 Å². The summed E-state index contributed by atoms with van der Waals surface area (Å²) in [4.78, 5) is 5.45. The zero-order valence-corrected chi connectivity index (χ0v) is 10.2. The lowest BCUT2D eigenvalue weighted by molar-refractivity contribution is 0.136. The van der Waals surface area contributed by atoms with Crippen molar-refractivity contribution in [3.05, 3.63) is 0 Å². The van der Waals surface area contributed by atoms with Crippen LogP contribution in [0.2, 0.25) is 0 Å². The molecule has 88 valence electrons. The predicted octanol–water partition coefficient (Wildman–Crippen LogP) is 2.35. The van der Waals surface area contributed by atoms with Gasteiger partial charge in [0.25, 0.3) is 0 Å². The fourth-order valence-electron chi connectivity index (χ4n) is 3.03. The van der Waals surface area contributed by atoms with Gasteiger partial charge < -0.3 is 4.90 Å². The zero-order chi connectivity index (χ0) is 10.5. The van der Waals surface area contributed by atoms with Gasteiger partial charge in [-0.1, -0.05) is 19.8 Å². The van der Waals surface area contributed by atoms with Crippen molar-refractivity contribution in [2.75, 3.05) is 32.7 Å². The quantitative estimate of drug-likeness (QED) is 0.705. The van der Waals surface area contributed by atoms with Crippen LogP contribution < -0.4 is 0 Å². The summed E-state index contributed by atoms with van der Waals surface area (Å²) in [6.45, 7) is 9.04. The highest BCUT2D eigenvalue weighted by Gasteiger charge is 2.26. The van der Waals surface area contributed by atoms with Gasteiger partial charge in [0.05, 0.1) is 0 Å². The van der Waals surface area contributed by atoms with Gasteiger partial charge in [0.15, 0.2) is 0 Å². The van der Waals surface area contributed by atoms with Crippen molar-refractivity contribution >= 4 is 0 Å². The number of nitrogens with zero attached hydrogens (tertiary/aromatic N) is 2. The van der Waals surface area contributed by atoms with Crippen LogP contribution in [0.3, 0.4) is 0 Å². The van der Waals surface area contributed by atoms with E-state index in [2.05, 4.69) is 16.7 Å². The molecule has 15 heavy (non-hydrogen) atoms. The molecular formula is C13H26N2. The third kappa shape index (κ3) is 3.18. The Morgan fingerprint density at radius 2 is 1.93 bits per heavy atom. The number of hydrogen-bond acceptors (Lipinski definition) is 2. The lowest BCUT2D eigenvalue weighted by atomic mass is 10.0. The van der Waals surface area contributed by atoms with Crippen LogP contribution in [0.4, 0.5) is 0 Å². The molecule has 1 atom stereocenters. The van der Waals surface area contributed by atoms with E-state index in [1.807, 2.05) is 0 Å². The smallest absolute Gasteiger partial charge is 0.0223 e. The van der Waals surface area contributed by atoms with Gasteiger partial charge >= 0.3 is 0 Å². The molecule has 0 spiro atoms. The van der Waals surface area contributed by atoms with Gasteiger partial charge in [-0.15, -0.1) is 0 Å². The van der Waals surface area contributed by atoms with E-state index >= 15 is 0 Å². The molecule has 2 aliphatic rings. The summed E-state index contributed by atoms with van der Waals surface area (Å²) in [5.74, 6) is 0. The van der Waals surface area contributed by atoms with E-state index in [-0.39, 0.29) is 0 Å². The Bertz CT molecular complexity index is 181. The van der Waals surface area contributed by atoms with Crippen molar-refractivity contribution in [2.45, 2.75) is 51.5 Å². The standard InChI is InChI=1S/C13H26N2/c1-2-3-8-14-9-6-11-15-10-5-4-7-13(15)12-14/h13H,2-12H2,1H3. The molecule has 0 N–H and O–H groups in total. The lowest BCUT2D eigenvalue weighted by Gasteiger charge is -2.35. The third-order valence-electron chi connectivity index (χ3n) is 3.97. The molecule has 0 radical (unpaired) electrons. The van der Waals surface area contributed by atoms with Crippen molar-refractivity contribution < 1.29 is 0 Å². The van der Waals surface area contributed by atoms with Crippen LogP contribution in [0.5, 0.6) is 0 Å². The first-order chi connectivity index (χ1) is 7.40. The number of fused-ring (bicyclic) bond motifs is 1. The van der Waals surface area contributed by atoms with Crippen LogP contribution in [0, 0.1) is 0 Å². The van der Waals surface area contributed by atoms with Crippen LogP contribution in [0.15, 0.2) is 0 Å². The maximum atomic E-state index is 2.75. The molecule has 0 saturated carbocycles. The fourth-order valence-corrected chi connectivity index (χ4v) is 3.03. The van der Waals surface area contributed by atoms with Gasteiger partial charge in [0.1, 0.15) is 0 Å². The van der Waals surface area contributed by atoms with E-state index < -0.39 is 0 Å². The molecule has 2 heterocycles. The molecule has 0 aromatic carbocycles. The minimum Gasteiger partial charge on any atom is -0.302 e. The Hall–Kier alpha value is -0.0800. The molecule has 0 bridgehead atoms. The van der Waals surface area contributed by atoms with Crippen molar-refractivity contribution in [1.29, 1.82) is 0 Å². The molecule has 2 nitrogen and oxygen atoms in total. The molecular weight excluding hydrogens is 184 g/mol. The van der Waals surface area contributed by atoms with E-state index in [0.717, 1.165) is 6.04 Å². The Morgan fingerprint density at radius 1 is 1.07 bits per heavy atom. The normalized spacial score (nSPS) is 29.8. The number of unbranched alkanes of at least 4 members (excludes halogenated alkanes) is 1. The SMILES string of the molecule is CCCCN1CCCN2CCCCC2C1. The molecule has 0 aromatic rings. The van der Waals surface area contributed by atoms with Crippen LogP contribution in [0.25, 0.3) is 0 Å². The first-order valence-corrected chi connectivity index (χ1v) is 6.86. The monoisotopic (exact) mass is 210 g/mol. The second kappa shape index (κ2) is 5.86. The Kier molecular flexibility index (Phi) is 4.45. The van der Waals surface area contributed by atoms with E-state index in [4.69, 9.17) is 0 Å². The van der Waals surface area contributed by atoms with Gasteiger partial charge in [0, 0.05) is 12.6 Å². The largest absolute Gasteiger partial charge is 0.302 e. The Balaban J connectivity index is 1.84.